The molecule has 0 amide bonds. The van der Waals surface area contributed by atoms with Gasteiger partial charge in [0.1, 0.15) is 22.9 Å². The molecular formula is C12H15FN4O2S. The number of aromatic nitrogens is 3. The standard InChI is InChI=1S/C12H15FN4O2S/c1-3-17-8-14-16-12(17)7-15-20(18,19)11-6-9(2)4-5-10(11)13/h4-6,8,15H,3,7H2,1-2H3. The fourth-order valence-corrected chi connectivity index (χ4v) is 2.87. The summed E-state index contributed by atoms with van der Waals surface area (Å²) in [5.74, 6) is -0.302. The largest absolute Gasteiger partial charge is 0.317 e. The molecule has 6 nitrogen and oxygen atoms in total. The predicted molar refractivity (Wildman–Crippen MR) is 70.9 cm³/mol. The van der Waals surface area contributed by atoms with E-state index in [0.717, 1.165) is 6.07 Å². The Labute approximate surface area is 116 Å². The molecule has 0 bridgehead atoms. The van der Waals surface area contributed by atoms with Crippen molar-refractivity contribution in [2.75, 3.05) is 0 Å². The zero-order chi connectivity index (χ0) is 14.8. The van der Waals surface area contributed by atoms with Gasteiger partial charge in [-0.05, 0) is 31.5 Å². The molecule has 0 spiro atoms. The van der Waals surface area contributed by atoms with Gasteiger partial charge in [0.2, 0.25) is 10.0 Å². The van der Waals surface area contributed by atoms with Gasteiger partial charge < -0.3 is 4.57 Å². The molecule has 0 fully saturated rings. The van der Waals surface area contributed by atoms with Gasteiger partial charge >= 0.3 is 0 Å². The van der Waals surface area contributed by atoms with Gasteiger partial charge in [0, 0.05) is 6.54 Å². The average molecular weight is 298 g/mol. The summed E-state index contributed by atoms with van der Waals surface area (Å²) in [4.78, 5) is -0.361. The molecular weight excluding hydrogens is 283 g/mol. The van der Waals surface area contributed by atoms with Crippen molar-refractivity contribution in [2.45, 2.75) is 31.8 Å². The molecule has 0 saturated heterocycles. The third-order valence-corrected chi connectivity index (χ3v) is 4.25. The third-order valence-electron chi connectivity index (χ3n) is 2.83. The topological polar surface area (TPSA) is 76.9 Å². The van der Waals surface area contributed by atoms with E-state index in [1.54, 1.807) is 11.5 Å². The minimum Gasteiger partial charge on any atom is -0.317 e. The van der Waals surface area contributed by atoms with E-state index >= 15 is 0 Å². The second kappa shape index (κ2) is 5.68. The Morgan fingerprint density at radius 2 is 2.15 bits per heavy atom. The molecule has 0 saturated carbocycles. The van der Waals surface area contributed by atoms with Crippen LogP contribution in [0.25, 0.3) is 0 Å². The Bertz CT molecular complexity index is 712. The fourth-order valence-electron chi connectivity index (χ4n) is 1.73. The maximum Gasteiger partial charge on any atom is 0.243 e. The van der Waals surface area contributed by atoms with E-state index in [-0.39, 0.29) is 11.4 Å². The molecule has 0 aliphatic rings. The van der Waals surface area contributed by atoms with Gasteiger partial charge in [-0.3, -0.25) is 0 Å². The first-order chi connectivity index (χ1) is 9.44. The second-order valence-electron chi connectivity index (χ2n) is 4.29. The van der Waals surface area contributed by atoms with E-state index < -0.39 is 15.8 Å². The van der Waals surface area contributed by atoms with Gasteiger partial charge in [0.05, 0.1) is 6.54 Å². The zero-order valence-electron chi connectivity index (χ0n) is 11.2. The normalized spacial score (nSPS) is 11.8. The fraction of sp³-hybridized carbons (Fsp3) is 0.333. The number of nitrogens with one attached hydrogen (secondary N) is 1. The summed E-state index contributed by atoms with van der Waals surface area (Å²) in [6.45, 7) is 4.18. The van der Waals surface area contributed by atoms with Crippen molar-refractivity contribution in [1.29, 1.82) is 0 Å². The molecule has 20 heavy (non-hydrogen) atoms. The monoisotopic (exact) mass is 298 g/mol. The van der Waals surface area contributed by atoms with Crippen LogP contribution in [0.5, 0.6) is 0 Å². The lowest BCUT2D eigenvalue weighted by atomic mass is 10.2. The summed E-state index contributed by atoms with van der Waals surface area (Å²) >= 11 is 0. The molecule has 1 N–H and O–H groups in total. The van der Waals surface area contributed by atoms with Crippen molar-refractivity contribution in [3.8, 4) is 0 Å². The molecule has 1 aromatic heterocycles. The molecule has 0 unspecified atom stereocenters. The highest BCUT2D eigenvalue weighted by atomic mass is 32.2. The van der Waals surface area contributed by atoms with Crippen molar-refractivity contribution >= 4 is 10.0 Å². The molecule has 108 valence electrons. The number of hydrogen-bond donors (Lipinski definition) is 1. The van der Waals surface area contributed by atoms with Gasteiger partial charge in [-0.15, -0.1) is 10.2 Å². The summed E-state index contributed by atoms with van der Waals surface area (Å²) in [5.41, 5.74) is 0.670. The van der Waals surface area contributed by atoms with Crippen molar-refractivity contribution < 1.29 is 12.8 Å². The molecule has 0 radical (unpaired) electrons. The number of aryl methyl sites for hydroxylation is 2. The highest BCUT2D eigenvalue weighted by Crippen LogP contribution is 2.16. The van der Waals surface area contributed by atoms with Gasteiger partial charge in [-0.1, -0.05) is 6.07 Å². The summed E-state index contributed by atoms with van der Waals surface area (Å²) in [5, 5.41) is 7.52. The maximum absolute atomic E-state index is 13.6. The van der Waals surface area contributed by atoms with E-state index in [4.69, 9.17) is 0 Å². The Hall–Kier alpha value is -1.80. The number of nitrogens with zero attached hydrogens (tertiary/aromatic N) is 3. The van der Waals surface area contributed by atoms with Crippen molar-refractivity contribution in [2.24, 2.45) is 0 Å². The molecule has 8 heteroatoms. The summed E-state index contributed by atoms with van der Waals surface area (Å²) in [6.07, 6.45) is 1.51. The van der Waals surface area contributed by atoms with E-state index in [1.165, 1.54) is 18.5 Å². The minimum atomic E-state index is -3.92. The van der Waals surface area contributed by atoms with Crippen molar-refractivity contribution in [3.63, 3.8) is 0 Å². The van der Waals surface area contributed by atoms with Gasteiger partial charge in [-0.2, -0.15) is 0 Å². The number of rotatable bonds is 5. The van der Waals surface area contributed by atoms with Crippen LogP contribution in [0, 0.1) is 12.7 Å². The Kier molecular flexibility index (Phi) is 4.15. The van der Waals surface area contributed by atoms with Crippen LogP contribution in [0.4, 0.5) is 4.39 Å². The quantitative estimate of drug-likeness (QED) is 0.900. The third kappa shape index (κ3) is 3.02. The Balaban J connectivity index is 2.21. The second-order valence-corrected chi connectivity index (χ2v) is 6.03. The first-order valence-corrected chi connectivity index (χ1v) is 7.55. The van der Waals surface area contributed by atoms with Crippen molar-refractivity contribution in [3.05, 3.63) is 41.7 Å². The average Bonchev–Trinajstić information content (AvgIpc) is 2.86. The predicted octanol–water partition coefficient (Wildman–Crippen LogP) is 1.22. The van der Waals surface area contributed by atoms with Crippen LogP contribution < -0.4 is 4.72 Å². The highest BCUT2D eigenvalue weighted by Gasteiger charge is 2.19. The molecule has 0 atom stereocenters. The van der Waals surface area contributed by atoms with Gasteiger partial charge in [0.15, 0.2) is 0 Å². The smallest absolute Gasteiger partial charge is 0.243 e. The maximum atomic E-state index is 13.6. The number of benzene rings is 1. The minimum absolute atomic E-state index is 0.0381. The van der Waals surface area contributed by atoms with Gasteiger partial charge in [0.25, 0.3) is 0 Å². The summed E-state index contributed by atoms with van der Waals surface area (Å²) < 4.78 is 41.8. The first-order valence-electron chi connectivity index (χ1n) is 6.06. The molecule has 2 rings (SSSR count). The lowest BCUT2D eigenvalue weighted by molar-refractivity contribution is 0.552. The number of hydrogen-bond acceptors (Lipinski definition) is 4. The Morgan fingerprint density at radius 1 is 1.40 bits per heavy atom. The zero-order valence-corrected chi connectivity index (χ0v) is 12.0. The Morgan fingerprint density at radius 3 is 2.85 bits per heavy atom. The van der Waals surface area contributed by atoms with Gasteiger partial charge in [-0.25, -0.2) is 17.5 Å². The first kappa shape index (κ1) is 14.6. The molecule has 2 aromatic rings. The van der Waals surface area contributed by atoms with E-state index in [9.17, 15) is 12.8 Å². The van der Waals surface area contributed by atoms with E-state index in [0.29, 0.717) is 17.9 Å². The van der Waals surface area contributed by atoms with Crippen LogP contribution in [0.3, 0.4) is 0 Å². The molecule has 1 aromatic carbocycles. The highest BCUT2D eigenvalue weighted by molar-refractivity contribution is 7.89. The SMILES string of the molecule is CCn1cnnc1CNS(=O)(=O)c1cc(C)ccc1F. The molecule has 0 aliphatic carbocycles. The summed E-state index contributed by atoms with van der Waals surface area (Å²) in [6, 6.07) is 3.95. The van der Waals surface area contributed by atoms with Crippen LogP contribution in [0.15, 0.2) is 29.4 Å². The molecule has 1 heterocycles. The van der Waals surface area contributed by atoms with Crippen LogP contribution in [0.1, 0.15) is 18.3 Å². The lowest BCUT2D eigenvalue weighted by Crippen LogP contribution is -2.26. The van der Waals surface area contributed by atoms with Crippen LogP contribution in [0.2, 0.25) is 0 Å². The number of halogens is 1. The van der Waals surface area contributed by atoms with Crippen LogP contribution >= 0.6 is 0 Å². The number of sulfonamides is 1. The van der Waals surface area contributed by atoms with E-state index in [2.05, 4.69) is 14.9 Å². The summed E-state index contributed by atoms with van der Waals surface area (Å²) in [7, 11) is -3.92. The lowest BCUT2D eigenvalue weighted by Gasteiger charge is -2.08. The van der Waals surface area contributed by atoms with E-state index in [1.807, 2.05) is 6.92 Å². The molecule has 0 aliphatic heterocycles. The van der Waals surface area contributed by atoms with Crippen LogP contribution in [-0.4, -0.2) is 23.2 Å². The van der Waals surface area contributed by atoms with Crippen LogP contribution in [-0.2, 0) is 23.1 Å². The van der Waals surface area contributed by atoms with Crippen molar-refractivity contribution in [1.82, 2.24) is 19.5 Å².